The molecule has 0 amide bonds. The van der Waals surface area contributed by atoms with Crippen LogP contribution >= 0.6 is 7.82 Å². The van der Waals surface area contributed by atoms with E-state index in [0.717, 1.165) is 49.8 Å². The van der Waals surface area contributed by atoms with Crippen molar-refractivity contribution >= 4 is 13.8 Å². The molecule has 0 saturated carbocycles. The monoisotopic (exact) mass is 590 g/mol. The van der Waals surface area contributed by atoms with Gasteiger partial charge in [-0.1, -0.05) is 90.4 Å². The van der Waals surface area contributed by atoms with Crippen LogP contribution in [-0.2, 0) is 27.9 Å². The molecule has 40 heavy (non-hydrogen) atoms. The summed E-state index contributed by atoms with van der Waals surface area (Å²) in [6.45, 7) is 10.5. The van der Waals surface area contributed by atoms with Gasteiger partial charge in [-0.05, 0) is 20.3 Å². The fourth-order valence-corrected chi connectivity index (χ4v) is 7.53. The van der Waals surface area contributed by atoms with Gasteiger partial charge in [0.2, 0.25) is 0 Å². The Morgan fingerprint density at radius 2 is 1.38 bits per heavy atom. The lowest BCUT2D eigenvalue weighted by molar-refractivity contribution is -0.928. The first kappa shape index (κ1) is 35.7. The Morgan fingerprint density at radius 1 is 0.875 bits per heavy atom. The second-order valence-electron chi connectivity index (χ2n) is 12.8. The van der Waals surface area contributed by atoms with Crippen LogP contribution in [0.4, 0.5) is 0 Å². The van der Waals surface area contributed by atoms with E-state index in [1.165, 1.54) is 84.0 Å². The van der Waals surface area contributed by atoms with Crippen molar-refractivity contribution in [2.45, 2.75) is 155 Å². The van der Waals surface area contributed by atoms with E-state index < -0.39 is 32.1 Å². The number of rotatable bonds is 23. The summed E-state index contributed by atoms with van der Waals surface area (Å²) in [4.78, 5) is 22.3. The maximum absolute atomic E-state index is 12.9. The summed E-state index contributed by atoms with van der Waals surface area (Å²) in [5.41, 5.74) is 0. The minimum atomic E-state index is -4.33. The van der Waals surface area contributed by atoms with E-state index in [4.69, 9.17) is 18.5 Å². The van der Waals surface area contributed by atoms with Crippen LogP contribution in [0.1, 0.15) is 130 Å². The van der Waals surface area contributed by atoms with Crippen LogP contribution < -0.4 is 0 Å². The number of esters is 1. The Balaban J connectivity index is 1.61. The highest BCUT2D eigenvalue weighted by Crippen LogP contribution is 2.50. The van der Waals surface area contributed by atoms with E-state index in [2.05, 4.69) is 14.0 Å². The van der Waals surface area contributed by atoms with Crippen LogP contribution in [0.25, 0.3) is 0 Å². The first-order chi connectivity index (χ1) is 19.1. The van der Waals surface area contributed by atoms with Crippen molar-refractivity contribution in [3.8, 4) is 0 Å². The highest BCUT2D eigenvalue weighted by molar-refractivity contribution is 7.47. The van der Waals surface area contributed by atoms with Crippen molar-refractivity contribution in [2.75, 3.05) is 33.3 Å². The second-order valence-corrected chi connectivity index (χ2v) is 14.1. The molecule has 3 aliphatic rings. The van der Waals surface area contributed by atoms with E-state index in [1.807, 2.05) is 6.92 Å². The van der Waals surface area contributed by atoms with Gasteiger partial charge >= 0.3 is 13.8 Å². The molecule has 9 heteroatoms. The van der Waals surface area contributed by atoms with Crippen LogP contribution in [0.2, 0.25) is 0 Å². The quantitative estimate of drug-likeness (QED) is 0.0568. The molecule has 3 rings (SSSR count). The number of phosphoric acid groups is 1. The Hall–Kier alpha value is -0.500. The third-order valence-electron chi connectivity index (χ3n) is 8.90. The van der Waals surface area contributed by atoms with Crippen molar-refractivity contribution in [2.24, 2.45) is 5.92 Å². The molecule has 5 atom stereocenters. The summed E-state index contributed by atoms with van der Waals surface area (Å²) >= 11 is 0. The molecule has 3 aliphatic heterocycles. The van der Waals surface area contributed by atoms with Gasteiger partial charge in [-0.3, -0.25) is 13.8 Å². The standard InChI is InChI=1S/C31H60NO7P/c1-6-7-8-9-10-11-12-13-14-15-16-17-18-19-24-36-26(2)31(37-28(4)33)27(3)38-40(34,35)39-30-25-32(5)22-20-29(30)21-23-32/h26-27,29-31H,6-25H2,1-5H3/p+1. The number of ether oxygens (including phenoxy) is 2. The minimum absolute atomic E-state index is 0.288. The maximum Gasteiger partial charge on any atom is 0.473 e. The van der Waals surface area contributed by atoms with Gasteiger partial charge in [0.1, 0.15) is 18.8 Å². The van der Waals surface area contributed by atoms with Crippen molar-refractivity contribution < 1.29 is 37.3 Å². The molecule has 236 valence electrons. The lowest BCUT2D eigenvalue weighted by atomic mass is 9.84. The summed E-state index contributed by atoms with van der Waals surface area (Å²) in [7, 11) is -2.16. The van der Waals surface area contributed by atoms with Gasteiger partial charge < -0.3 is 18.9 Å². The Labute approximate surface area is 245 Å². The molecule has 3 saturated heterocycles. The third kappa shape index (κ3) is 14.1. The van der Waals surface area contributed by atoms with Crippen LogP contribution in [0.5, 0.6) is 0 Å². The average molecular weight is 591 g/mol. The molecule has 3 fully saturated rings. The molecule has 0 radical (unpaired) electrons. The number of fused-ring (bicyclic) bond motifs is 3. The third-order valence-corrected chi connectivity index (χ3v) is 10.0. The zero-order valence-electron chi connectivity index (χ0n) is 26.3. The number of unbranched alkanes of at least 4 members (excludes halogenated alkanes) is 13. The molecule has 0 aromatic carbocycles. The first-order valence-electron chi connectivity index (χ1n) is 16.4. The van der Waals surface area contributed by atoms with Gasteiger partial charge in [0.25, 0.3) is 0 Å². The Bertz CT molecular complexity index is 743. The second kappa shape index (κ2) is 18.9. The van der Waals surface area contributed by atoms with Crippen molar-refractivity contribution in [1.82, 2.24) is 0 Å². The predicted octanol–water partition coefficient (Wildman–Crippen LogP) is 7.57. The maximum atomic E-state index is 12.9. The molecule has 3 heterocycles. The molecule has 5 unspecified atom stereocenters. The summed E-state index contributed by atoms with van der Waals surface area (Å²) < 4.78 is 36.4. The van der Waals surface area contributed by atoms with Gasteiger partial charge in [-0.2, -0.15) is 0 Å². The number of nitrogens with zero attached hydrogens (tertiary/aromatic N) is 1. The summed E-state index contributed by atoms with van der Waals surface area (Å²) in [6.07, 6.45) is 17.7. The molecule has 0 aromatic rings. The number of carbonyl (C=O) groups excluding carboxylic acids is 1. The van der Waals surface area contributed by atoms with Gasteiger partial charge in [0.05, 0.1) is 26.2 Å². The van der Waals surface area contributed by atoms with E-state index in [9.17, 15) is 14.3 Å². The summed E-state index contributed by atoms with van der Waals surface area (Å²) in [5.74, 6) is -0.188. The molecular weight excluding hydrogens is 529 g/mol. The zero-order chi connectivity index (χ0) is 29.4. The summed E-state index contributed by atoms with van der Waals surface area (Å²) in [6, 6.07) is 0. The molecule has 8 nitrogen and oxygen atoms in total. The van der Waals surface area contributed by atoms with Gasteiger partial charge in [0, 0.05) is 32.3 Å². The molecule has 1 N–H and O–H groups in total. The van der Waals surface area contributed by atoms with Crippen molar-refractivity contribution in [1.29, 1.82) is 0 Å². The normalized spacial score (nSPS) is 26.2. The first-order valence-corrected chi connectivity index (χ1v) is 17.9. The number of hydrogen-bond donors (Lipinski definition) is 1. The number of hydrogen-bond acceptors (Lipinski definition) is 6. The molecule has 0 spiro atoms. The number of quaternary nitrogens is 1. The van der Waals surface area contributed by atoms with E-state index in [1.54, 1.807) is 6.92 Å². The molecular formula is C31H61NO7P+. The predicted molar refractivity (Wildman–Crippen MR) is 160 cm³/mol. The molecule has 0 aromatic heterocycles. The number of carbonyl (C=O) groups is 1. The Morgan fingerprint density at radius 3 is 1.85 bits per heavy atom. The van der Waals surface area contributed by atoms with Gasteiger partial charge in [-0.15, -0.1) is 0 Å². The summed E-state index contributed by atoms with van der Waals surface area (Å²) in [5, 5.41) is 0. The minimum Gasteiger partial charge on any atom is -0.457 e. The smallest absolute Gasteiger partial charge is 0.457 e. The largest absolute Gasteiger partial charge is 0.473 e. The SMILES string of the molecule is CCCCCCCCCCCCCCCCOC(C)C(OC(C)=O)C(C)OP(=O)(O)OC1C[N+]2(C)CCC1CC2. The van der Waals surface area contributed by atoms with E-state index in [-0.39, 0.29) is 12.0 Å². The number of likely N-dealkylation sites (N-methyl/N-ethyl adjacent to an activating group) is 1. The van der Waals surface area contributed by atoms with Gasteiger partial charge in [-0.25, -0.2) is 4.57 Å². The van der Waals surface area contributed by atoms with Gasteiger partial charge in [0.15, 0.2) is 6.10 Å². The lowest BCUT2D eigenvalue weighted by Crippen LogP contribution is -2.61. The fourth-order valence-electron chi connectivity index (χ4n) is 6.36. The van der Waals surface area contributed by atoms with Crippen molar-refractivity contribution in [3.63, 3.8) is 0 Å². The topological polar surface area (TPSA) is 91.3 Å². The highest BCUT2D eigenvalue weighted by Gasteiger charge is 2.47. The van der Waals surface area contributed by atoms with E-state index in [0.29, 0.717) is 6.61 Å². The number of piperidine rings is 3. The fraction of sp³-hybridized carbons (Fsp3) is 0.968. The van der Waals surface area contributed by atoms with Crippen LogP contribution in [0.15, 0.2) is 0 Å². The van der Waals surface area contributed by atoms with Crippen LogP contribution in [-0.4, -0.2) is 73.1 Å². The lowest BCUT2D eigenvalue weighted by Gasteiger charge is -2.50. The van der Waals surface area contributed by atoms with E-state index >= 15 is 0 Å². The molecule has 2 bridgehead atoms. The van der Waals surface area contributed by atoms with Crippen molar-refractivity contribution in [3.05, 3.63) is 0 Å². The molecule has 0 aliphatic carbocycles. The van der Waals surface area contributed by atoms with Crippen LogP contribution in [0.3, 0.4) is 0 Å². The number of phosphoric ester groups is 1. The zero-order valence-corrected chi connectivity index (χ0v) is 27.2. The highest BCUT2D eigenvalue weighted by atomic mass is 31.2. The Kier molecular flexibility index (Phi) is 16.9. The average Bonchev–Trinajstić information content (AvgIpc) is 2.88. The van der Waals surface area contributed by atoms with Crippen LogP contribution in [0, 0.1) is 5.92 Å².